The van der Waals surface area contributed by atoms with Crippen LogP contribution >= 0.6 is 11.6 Å². The van der Waals surface area contributed by atoms with Crippen LogP contribution < -0.4 is 10.6 Å². The van der Waals surface area contributed by atoms with E-state index in [1.165, 1.54) is 5.56 Å². The smallest absolute Gasteiger partial charge is 0.315 e. The average molecular weight is 456 g/mol. The fourth-order valence-corrected chi connectivity index (χ4v) is 4.66. The van der Waals surface area contributed by atoms with E-state index in [2.05, 4.69) is 36.6 Å². The van der Waals surface area contributed by atoms with Gasteiger partial charge in [0, 0.05) is 24.7 Å². The third kappa shape index (κ3) is 6.04. The van der Waals surface area contributed by atoms with Crippen molar-refractivity contribution in [3.8, 4) is 0 Å². The topological polar surface area (TPSA) is 61.4 Å². The van der Waals surface area contributed by atoms with Gasteiger partial charge in [-0.1, -0.05) is 81.8 Å². The molecule has 32 heavy (non-hydrogen) atoms. The van der Waals surface area contributed by atoms with Gasteiger partial charge < -0.3 is 15.5 Å². The Morgan fingerprint density at radius 3 is 2.34 bits per heavy atom. The number of amides is 3. The first kappa shape index (κ1) is 24.1. The van der Waals surface area contributed by atoms with Gasteiger partial charge in [0.1, 0.15) is 6.04 Å². The molecule has 1 fully saturated rings. The van der Waals surface area contributed by atoms with Gasteiger partial charge in [0.2, 0.25) is 5.91 Å². The molecule has 3 rings (SSSR count). The molecular weight excluding hydrogens is 422 g/mol. The van der Waals surface area contributed by atoms with Crippen molar-refractivity contribution in [2.45, 2.75) is 52.6 Å². The molecule has 1 unspecified atom stereocenters. The van der Waals surface area contributed by atoms with Crippen molar-refractivity contribution in [1.29, 1.82) is 0 Å². The molecule has 172 valence electrons. The monoisotopic (exact) mass is 455 g/mol. The summed E-state index contributed by atoms with van der Waals surface area (Å²) in [6.07, 6.45) is 0.880. The molecule has 2 aromatic rings. The molecule has 2 aromatic carbocycles. The molecule has 0 bridgehead atoms. The number of halogens is 1. The predicted molar refractivity (Wildman–Crippen MR) is 130 cm³/mol. The molecule has 0 radical (unpaired) electrons. The van der Waals surface area contributed by atoms with Crippen LogP contribution in [0.25, 0.3) is 0 Å². The summed E-state index contributed by atoms with van der Waals surface area (Å²) in [5, 5.41) is 6.50. The van der Waals surface area contributed by atoms with Gasteiger partial charge in [-0.2, -0.15) is 0 Å². The Bertz CT molecular complexity index is 912. The van der Waals surface area contributed by atoms with Crippen LogP contribution in [0.4, 0.5) is 4.79 Å². The Hall–Kier alpha value is -2.53. The van der Waals surface area contributed by atoms with Crippen molar-refractivity contribution in [3.63, 3.8) is 0 Å². The van der Waals surface area contributed by atoms with Crippen LogP contribution in [-0.2, 0) is 11.3 Å². The van der Waals surface area contributed by atoms with Crippen LogP contribution in [0.5, 0.6) is 0 Å². The lowest BCUT2D eigenvalue weighted by Gasteiger charge is -2.45. The van der Waals surface area contributed by atoms with Crippen molar-refractivity contribution >= 4 is 23.5 Å². The van der Waals surface area contributed by atoms with Crippen molar-refractivity contribution in [2.24, 2.45) is 11.3 Å². The quantitative estimate of drug-likeness (QED) is 0.628. The molecule has 0 aliphatic carbocycles. The summed E-state index contributed by atoms with van der Waals surface area (Å²) in [6.45, 7) is 10.1. The van der Waals surface area contributed by atoms with E-state index in [1.54, 1.807) is 0 Å². The highest BCUT2D eigenvalue weighted by molar-refractivity contribution is 6.30. The number of hydrogen-bond donors (Lipinski definition) is 2. The minimum Gasteiger partial charge on any atom is -0.340 e. The summed E-state index contributed by atoms with van der Waals surface area (Å²) >= 11 is 6.06. The number of benzene rings is 2. The number of nitrogens with zero attached hydrogens (tertiary/aromatic N) is 1. The summed E-state index contributed by atoms with van der Waals surface area (Å²) in [7, 11) is 0. The zero-order chi connectivity index (χ0) is 23.3. The molecule has 2 N–H and O–H groups in total. The van der Waals surface area contributed by atoms with Gasteiger partial charge in [0.25, 0.3) is 0 Å². The van der Waals surface area contributed by atoms with Gasteiger partial charge in [-0.25, -0.2) is 4.79 Å². The number of urea groups is 1. The van der Waals surface area contributed by atoms with E-state index in [1.807, 2.05) is 61.2 Å². The van der Waals surface area contributed by atoms with E-state index in [-0.39, 0.29) is 23.3 Å². The second-order valence-corrected chi connectivity index (χ2v) is 10.1. The summed E-state index contributed by atoms with van der Waals surface area (Å²) in [6, 6.07) is 16.9. The molecule has 1 aliphatic heterocycles. The standard InChI is InChI=1S/C26H34ClN3O2/c1-18(2)23(29-25(32)28-16-19-8-6-5-7-9-19)24(31)30-15-14-22(26(3,4)17-30)20-10-12-21(27)13-11-20/h5-13,18,22-23H,14-17H2,1-4H3,(H2,28,29,32)/t22?,23-/m1/s1. The van der Waals surface area contributed by atoms with Crippen LogP contribution in [0, 0.1) is 11.3 Å². The van der Waals surface area contributed by atoms with Gasteiger partial charge >= 0.3 is 6.03 Å². The molecule has 5 nitrogen and oxygen atoms in total. The zero-order valence-electron chi connectivity index (χ0n) is 19.4. The van der Waals surface area contributed by atoms with E-state index in [4.69, 9.17) is 11.6 Å². The Labute approximate surface area is 196 Å². The Morgan fingerprint density at radius 1 is 1.09 bits per heavy atom. The summed E-state index contributed by atoms with van der Waals surface area (Å²) in [4.78, 5) is 27.8. The lowest BCUT2D eigenvalue weighted by molar-refractivity contribution is -0.137. The second kappa shape index (κ2) is 10.4. The summed E-state index contributed by atoms with van der Waals surface area (Å²) in [5.74, 6) is 0.322. The van der Waals surface area contributed by atoms with E-state index in [0.717, 1.165) is 17.0 Å². The molecule has 2 atom stereocenters. The maximum atomic E-state index is 13.4. The Morgan fingerprint density at radius 2 is 1.75 bits per heavy atom. The summed E-state index contributed by atoms with van der Waals surface area (Å²) < 4.78 is 0. The lowest BCUT2D eigenvalue weighted by atomic mass is 9.70. The highest BCUT2D eigenvalue weighted by atomic mass is 35.5. The van der Waals surface area contributed by atoms with Gasteiger partial charge in [-0.3, -0.25) is 4.79 Å². The number of carbonyl (C=O) groups is 2. The van der Waals surface area contributed by atoms with E-state index in [0.29, 0.717) is 25.6 Å². The number of rotatable bonds is 6. The SMILES string of the molecule is CC(C)[C@@H](NC(=O)NCc1ccccc1)C(=O)N1CCC(c2ccc(Cl)cc2)C(C)(C)C1. The Balaban J connectivity index is 1.62. The van der Waals surface area contributed by atoms with Crippen LogP contribution in [0.3, 0.4) is 0 Å². The highest BCUT2D eigenvalue weighted by Gasteiger charge is 2.40. The minimum atomic E-state index is -0.561. The number of hydrogen-bond acceptors (Lipinski definition) is 2. The number of piperidine rings is 1. The largest absolute Gasteiger partial charge is 0.340 e. The lowest BCUT2D eigenvalue weighted by Crippen LogP contribution is -2.57. The number of carbonyl (C=O) groups excluding carboxylic acids is 2. The normalized spacial score (nSPS) is 18.8. The molecule has 0 aromatic heterocycles. The molecule has 1 aliphatic rings. The fourth-order valence-electron chi connectivity index (χ4n) is 4.54. The Kier molecular flexibility index (Phi) is 7.83. The molecule has 1 heterocycles. The van der Waals surface area contributed by atoms with Crippen LogP contribution in [0.2, 0.25) is 5.02 Å². The van der Waals surface area contributed by atoms with Gasteiger partial charge in [-0.15, -0.1) is 0 Å². The maximum Gasteiger partial charge on any atom is 0.315 e. The van der Waals surface area contributed by atoms with Crippen molar-refractivity contribution in [3.05, 3.63) is 70.7 Å². The van der Waals surface area contributed by atoms with Crippen LogP contribution in [-0.4, -0.2) is 36.0 Å². The second-order valence-electron chi connectivity index (χ2n) is 9.68. The van der Waals surface area contributed by atoms with Gasteiger partial charge in [0.15, 0.2) is 0 Å². The first-order valence-electron chi connectivity index (χ1n) is 11.3. The van der Waals surface area contributed by atoms with Crippen molar-refractivity contribution in [1.82, 2.24) is 15.5 Å². The third-order valence-corrected chi connectivity index (χ3v) is 6.58. The number of likely N-dealkylation sites (tertiary alicyclic amines) is 1. The first-order valence-corrected chi connectivity index (χ1v) is 11.7. The fraction of sp³-hybridized carbons (Fsp3) is 0.462. The van der Waals surface area contributed by atoms with Crippen LogP contribution in [0.1, 0.15) is 51.2 Å². The van der Waals surface area contributed by atoms with Crippen molar-refractivity contribution in [2.75, 3.05) is 13.1 Å². The predicted octanol–water partition coefficient (Wildman–Crippen LogP) is 5.21. The highest BCUT2D eigenvalue weighted by Crippen LogP contribution is 2.42. The molecule has 0 saturated carbocycles. The summed E-state index contributed by atoms with van der Waals surface area (Å²) in [5.41, 5.74) is 2.19. The zero-order valence-corrected chi connectivity index (χ0v) is 20.2. The van der Waals surface area contributed by atoms with E-state index < -0.39 is 6.04 Å². The van der Waals surface area contributed by atoms with Crippen LogP contribution in [0.15, 0.2) is 54.6 Å². The van der Waals surface area contributed by atoms with Crippen molar-refractivity contribution < 1.29 is 9.59 Å². The maximum absolute atomic E-state index is 13.4. The molecule has 6 heteroatoms. The molecule has 3 amide bonds. The molecule has 0 spiro atoms. The molecular formula is C26H34ClN3O2. The first-order chi connectivity index (χ1) is 15.2. The van der Waals surface area contributed by atoms with E-state index >= 15 is 0 Å². The van der Waals surface area contributed by atoms with E-state index in [9.17, 15) is 9.59 Å². The number of nitrogens with one attached hydrogen (secondary N) is 2. The van der Waals surface area contributed by atoms with Gasteiger partial charge in [-0.05, 0) is 46.9 Å². The molecule has 1 saturated heterocycles. The third-order valence-electron chi connectivity index (χ3n) is 6.33. The minimum absolute atomic E-state index is 0.0120. The van der Waals surface area contributed by atoms with Gasteiger partial charge in [0.05, 0.1) is 0 Å². The average Bonchev–Trinajstić information content (AvgIpc) is 2.76.